The molecule has 0 bridgehead atoms. The summed E-state index contributed by atoms with van der Waals surface area (Å²) in [6, 6.07) is 0. The Morgan fingerprint density at radius 1 is 0.833 bits per heavy atom. The van der Waals surface area contributed by atoms with Crippen LogP contribution in [0.5, 0.6) is 0 Å². The Hall–Kier alpha value is -0.120. The van der Waals surface area contributed by atoms with Gasteiger partial charge in [0.05, 0.1) is 0 Å². The predicted molar refractivity (Wildman–Crippen MR) is 82.2 cm³/mol. The molecule has 0 aliphatic heterocycles. The smallest absolute Gasteiger partial charge is 0.0107 e. The molecule has 3 nitrogen and oxygen atoms in total. The lowest BCUT2D eigenvalue weighted by molar-refractivity contribution is 0.242. The molecule has 0 radical (unpaired) electrons. The van der Waals surface area contributed by atoms with Gasteiger partial charge in [-0.1, -0.05) is 41.0 Å². The van der Waals surface area contributed by atoms with E-state index in [0.717, 1.165) is 32.1 Å². The molecule has 0 aliphatic rings. The molecule has 0 aromatic rings. The molecular weight excluding hydrogens is 222 g/mol. The SMILES string of the molecule is CCC(C)CN(CC)CCNCCN(CC)CC. The third-order valence-electron chi connectivity index (χ3n) is 3.82. The van der Waals surface area contributed by atoms with Gasteiger partial charge in [-0.2, -0.15) is 0 Å². The second kappa shape index (κ2) is 11.9. The number of rotatable bonds is 12. The van der Waals surface area contributed by atoms with Crippen LogP contribution in [0.1, 0.15) is 41.0 Å². The van der Waals surface area contributed by atoms with E-state index in [0.29, 0.717) is 0 Å². The number of nitrogens with one attached hydrogen (secondary N) is 1. The summed E-state index contributed by atoms with van der Waals surface area (Å²) in [6.07, 6.45) is 1.28. The minimum Gasteiger partial charge on any atom is -0.314 e. The van der Waals surface area contributed by atoms with Gasteiger partial charge >= 0.3 is 0 Å². The molecule has 0 saturated heterocycles. The van der Waals surface area contributed by atoms with Crippen LogP contribution in [0.4, 0.5) is 0 Å². The second-order valence-electron chi connectivity index (χ2n) is 5.18. The molecule has 0 aromatic heterocycles. The van der Waals surface area contributed by atoms with Crippen LogP contribution in [0.3, 0.4) is 0 Å². The summed E-state index contributed by atoms with van der Waals surface area (Å²) < 4.78 is 0. The van der Waals surface area contributed by atoms with Crippen LogP contribution in [0, 0.1) is 5.92 Å². The predicted octanol–water partition coefficient (Wildman–Crippen LogP) is 2.29. The van der Waals surface area contributed by atoms with Gasteiger partial charge in [-0.25, -0.2) is 0 Å². The van der Waals surface area contributed by atoms with Crippen LogP contribution >= 0.6 is 0 Å². The highest BCUT2D eigenvalue weighted by molar-refractivity contribution is 4.63. The van der Waals surface area contributed by atoms with E-state index in [2.05, 4.69) is 49.7 Å². The summed E-state index contributed by atoms with van der Waals surface area (Å²) in [4.78, 5) is 5.02. The minimum atomic E-state index is 0.820. The molecule has 0 aliphatic carbocycles. The van der Waals surface area contributed by atoms with E-state index in [4.69, 9.17) is 0 Å². The fourth-order valence-corrected chi connectivity index (χ4v) is 2.09. The topological polar surface area (TPSA) is 18.5 Å². The molecule has 0 aromatic carbocycles. The molecule has 18 heavy (non-hydrogen) atoms. The van der Waals surface area contributed by atoms with Crippen molar-refractivity contribution in [2.24, 2.45) is 5.92 Å². The van der Waals surface area contributed by atoms with Crippen molar-refractivity contribution in [3.8, 4) is 0 Å². The van der Waals surface area contributed by atoms with Crippen LogP contribution in [-0.4, -0.2) is 62.2 Å². The molecule has 1 N–H and O–H groups in total. The number of hydrogen-bond acceptors (Lipinski definition) is 3. The van der Waals surface area contributed by atoms with Gasteiger partial charge in [0.25, 0.3) is 0 Å². The molecule has 1 unspecified atom stereocenters. The third kappa shape index (κ3) is 8.90. The van der Waals surface area contributed by atoms with E-state index < -0.39 is 0 Å². The first-order valence-electron chi connectivity index (χ1n) is 7.83. The van der Waals surface area contributed by atoms with Crippen molar-refractivity contribution >= 4 is 0 Å². The van der Waals surface area contributed by atoms with Gasteiger partial charge < -0.3 is 15.1 Å². The zero-order valence-corrected chi connectivity index (χ0v) is 13.3. The molecular formula is C15H35N3. The minimum absolute atomic E-state index is 0.820. The molecule has 0 amide bonds. The molecule has 0 spiro atoms. The van der Waals surface area contributed by atoms with Crippen LogP contribution in [-0.2, 0) is 0 Å². The maximum Gasteiger partial charge on any atom is 0.0107 e. The summed E-state index contributed by atoms with van der Waals surface area (Å²) in [5.74, 6) is 0.820. The Balaban J connectivity index is 3.56. The highest BCUT2D eigenvalue weighted by atomic mass is 15.1. The Morgan fingerprint density at radius 2 is 1.33 bits per heavy atom. The first kappa shape index (κ1) is 17.9. The lowest BCUT2D eigenvalue weighted by Gasteiger charge is -2.24. The van der Waals surface area contributed by atoms with Crippen LogP contribution in [0.2, 0.25) is 0 Å². The molecule has 0 saturated carbocycles. The molecule has 110 valence electrons. The number of nitrogens with zero attached hydrogens (tertiary/aromatic N) is 2. The average molecular weight is 257 g/mol. The zero-order chi connectivity index (χ0) is 13.8. The van der Waals surface area contributed by atoms with Gasteiger partial charge in [0, 0.05) is 32.7 Å². The summed E-state index contributed by atoms with van der Waals surface area (Å²) in [5, 5.41) is 3.56. The van der Waals surface area contributed by atoms with Gasteiger partial charge in [0.1, 0.15) is 0 Å². The lowest BCUT2D eigenvalue weighted by Crippen LogP contribution is -2.38. The average Bonchev–Trinajstić information content (AvgIpc) is 2.41. The van der Waals surface area contributed by atoms with Crippen molar-refractivity contribution in [2.45, 2.75) is 41.0 Å². The first-order chi connectivity index (χ1) is 8.67. The molecule has 1 atom stereocenters. The maximum absolute atomic E-state index is 3.56. The summed E-state index contributed by atoms with van der Waals surface area (Å²) in [7, 11) is 0. The zero-order valence-electron chi connectivity index (χ0n) is 13.3. The van der Waals surface area contributed by atoms with Gasteiger partial charge in [-0.05, 0) is 25.6 Å². The van der Waals surface area contributed by atoms with Gasteiger partial charge in [0.15, 0.2) is 0 Å². The van der Waals surface area contributed by atoms with Crippen molar-refractivity contribution < 1.29 is 0 Å². The van der Waals surface area contributed by atoms with E-state index in [1.807, 2.05) is 0 Å². The van der Waals surface area contributed by atoms with E-state index in [-0.39, 0.29) is 0 Å². The third-order valence-corrected chi connectivity index (χ3v) is 3.82. The standard InChI is InChI=1S/C15H35N3/c1-6-15(5)14-18(9-4)13-11-16-10-12-17(7-2)8-3/h15-16H,6-14H2,1-5H3. The maximum atomic E-state index is 3.56. The summed E-state index contributed by atoms with van der Waals surface area (Å²) in [5.41, 5.74) is 0. The van der Waals surface area contributed by atoms with Crippen molar-refractivity contribution in [1.82, 2.24) is 15.1 Å². The molecule has 0 rings (SSSR count). The van der Waals surface area contributed by atoms with Crippen molar-refractivity contribution in [3.63, 3.8) is 0 Å². The Morgan fingerprint density at radius 3 is 1.78 bits per heavy atom. The summed E-state index contributed by atoms with van der Waals surface area (Å²) in [6.45, 7) is 20.7. The monoisotopic (exact) mass is 257 g/mol. The van der Waals surface area contributed by atoms with Gasteiger partial charge in [0.2, 0.25) is 0 Å². The van der Waals surface area contributed by atoms with Crippen molar-refractivity contribution in [3.05, 3.63) is 0 Å². The fraction of sp³-hybridized carbons (Fsp3) is 1.00. The Kier molecular flexibility index (Phi) is 11.9. The lowest BCUT2D eigenvalue weighted by atomic mass is 10.1. The largest absolute Gasteiger partial charge is 0.314 e. The molecule has 3 heteroatoms. The highest BCUT2D eigenvalue weighted by Crippen LogP contribution is 2.03. The number of hydrogen-bond donors (Lipinski definition) is 1. The first-order valence-corrected chi connectivity index (χ1v) is 7.83. The second-order valence-corrected chi connectivity index (χ2v) is 5.18. The normalized spacial score (nSPS) is 13.5. The Bertz CT molecular complexity index is 169. The van der Waals surface area contributed by atoms with E-state index in [9.17, 15) is 0 Å². The quantitative estimate of drug-likeness (QED) is 0.541. The van der Waals surface area contributed by atoms with Crippen molar-refractivity contribution in [2.75, 3.05) is 52.4 Å². The summed E-state index contributed by atoms with van der Waals surface area (Å²) >= 11 is 0. The molecule has 0 heterocycles. The van der Waals surface area contributed by atoms with E-state index in [1.54, 1.807) is 0 Å². The highest BCUT2D eigenvalue weighted by Gasteiger charge is 2.06. The van der Waals surface area contributed by atoms with E-state index in [1.165, 1.54) is 32.6 Å². The van der Waals surface area contributed by atoms with Crippen LogP contribution in [0.15, 0.2) is 0 Å². The van der Waals surface area contributed by atoms with Gasteiger partial charge in [-0.15, -0.1) is 0 Å². The van der Waals surface area contributed by atoms with Gasteiger partial charge in [-0.3, -0.25) is 0 Å². The van der Waals surface area contributed by atoms with Crippen molar-refractivity contribution in [1.29, 1.82) is 0 Å². The Labute approximate surface area is 115 Å². The molecule has 0 fully saturated rings. The van der Waals surface area contributed by atoms with E-state index >= 15 is 0 Å². The van der Waals surface area contributed by atoms with Crippen LogP contribution < -0.4 is 5.32 Å². The number of likely N-dealkylation sites (N-methyl/N-ethyl adjacent to an activating group) is 2. The fourth-order valence-electron chi connectivity index (χ4n) is 2.09. The van der Waals surface area contributed by atoms with Crippen LogP contribution in [0.25, 0.3) is 0 Å².